The van der Waals surface area contributed by atoms with Crippen molar-refractivity contribution in [3.8, 4) is 0 Å². The van der Waals surface area contributed by atoms with Crippen LogP contribution in [0.4, 0.5) is 18.6 Å². The topological polar surface area (TPSA) is 105 Å². The van der Waals surface area contributed by atoms with Crippen LogP contribution >= 0.6 is 11.3 Å². The van der Waals surface area contributed by atoms with Crippen molar-refractivity contribution >= 4 is 40.2 Å². The quantitative estimate of drug-likeness (QED) is 0.493. The number of rotatable bonds is 5. The zero-order chi connectivity index (χ0) is 24.8. The normalized spacial score (nSPS) is 21.8. The van der Waals surface area contributed by atoms with E-state index in [1.165, 1.54) is 31.4 Å². The third-order valence-electron chi connectivity index (χ3n) is 6.23. The lowest BCUT2D eigenvalue weighted by Crippen LogP contribution is -2.42. The van der Waals surface area contributed by atoms with Crippen LogP contribution in [0.15, 0.2) is 18.2 Å². The van der Waals surface area contributed by atoms with Gasteiger partial charge in [0.2, 0.25) is 5.91 Å². The number of halogens is 2. The van der Waals surface area contributed by atoms with Crippen LogP contribution in [0.25, 0.3) is 0 Å². The van der Waals surface area contributed by atoms with Crippen LogP contribution in [-0.4, -0.2) is 42.4 Å². The smallest absolute Gasteiger partial charge is 0.341 e. The Kier molecular flexibility index (Phi) is 6.15. The lowest BCUT2D eigenvalue weighted by molar-refractivity contribution is -0.133. The molecule has 2 N–H and O–H groups in total. The van der Waals surface area contributed by atoms with E-state index in [9.17, 15) is 28.0 Å². The van der Waals surface area contributed by atoms with Crippen molar-refractivity contribution in [2.75, 3.05) is 19.0 Å². The van der Waals surface area contributed by atoms with Crippen molar-refractivity contribution in [1.29, 1.82) is 0 Å². The molecule has 0 spiro atoms. The molecule has 1 aromatic heterocycles. The molecule has 0 saturated carbocycles. The molecule has 34 heavy (non-hydrogen) atoms. The van der Waals surface area contributed by atoms with Gasteiger partial charge in [-0.15, -0.1) is 11.3 Å². The van der Waals surface area contributed by atoms with Gasteiger partial charge in [0.15, 0.2) is 11.6 Å². The van der Waals surface area contributed by atoms with Crippen LogP contribution in [0.3, 0.4) is 0 Å². The number of nitrogens with one attached hydrogen (secondary N) is 2. The first-order valence-electron chi connectivity index (χ1n) is 10.7. The number of nitrogens with zero attached hydrogens (tertiary/aromatic N) is 1. The van der Waals surface area contributed by atoms with Gasteiger partial charge in [0.05, 0.1) is 12.7 Å². The molecule has 2 atom stereocenters. The Bertz CT molecular complexity index is 1210. The Labute approximate surface area is 198 Å². The van der Waals surface area contributed by atoms with Gasteiger partial charge < -0.3 is 15.4 Å². The third-order valence-corrected chi connectivity index (χ3v) is 7.40. The zero-order valence-corrected chi connectivity index (χ0v) is 19.6. The molecule has 2 unspecified atom stereocenters. The van der Waals surface area contributed by atoms with E-state index in [1.54, 1.807) is 0 Å². The second-order valence-corrected chi connectivity index (χ2v) is 9.78. The van der Waals surface area contributed by atoms with Crippen LogP contribution in [-0.2, 0) is 32.7 Å². The molecule has 180 valence electrons. The molecule has 11 heteroatoms. The lowest BCUT2D eigenvalue weighted by Gasteiger charge is -2.22. The second-order valence-electron chi connectivity index (χ2n) is 8.67. The van der Waals surface area contributed by atoms with Gasteiger partial charge in [-0.2, -0.15) is 0 Å². The summed E-state index contributed by atoms with van der Waals surface area (Å²) in [5.41, 5.74) is -0.472. The molecule has 0 radical (unpaired) electrons. The molecule has 2 heterocycles. The summed E-state index contributed by atoms with van der Waals surface area (Å²) in [5, 5.41) is 5.40. The summed E-state index contributed by atoms with van der Waals surface area (Å²) in [4.78, 5) is 52.4. The van der Waals surface area contributed by atoms with E-state index in [0.717, 1.165) is 35.4 Å². The van der Waals surface area contributed by atoms with Gasteiger partial charge in [-0.1, -0.05) is 13.0 Å². The summed E-state index contributed by atoms with van der Waals surface area (Å²) in [7, 11) is 1.26. The summed E-state index contributed by atoms with van der Waals surface area (Å²) in [6, 6.07) is 2.04. The van der Waals surface area contributed by atoms with Gasteiger partial charge in [-0.25, -0.2) is 18.4 Å². The summed E-state index contributed by atoms with van der Waals surface area (Å²) < 4.78 is 31.9. The van der Waals surface area contributed by atoms with Crippen LogP contribution in [0.5, 0.6) is 0 Å². The van der Waals surface area contributed by atoms with Crippen molar-refractivity contribution in [2.45, 2.75) is 38.6 Å². The molecular weight excluding hydrogens is 468 g/mol. The number of carbonyl (C=O) groups excluding carboxylic acids is 4. The number of urea groups is 1. The Balaban J connectivity index is 1.55. The standard InChI is InChI=1S/C23H23F2N3O5S/c1-11-4-6-13-16(8-11)34-19(18(13)20(30)33-3)26-17(29)10-28-21(31)23(2,27-22(28)32)12-5-7-14(24)15(25)9-12/h5,7,9,11H,4,6,8,10H2,1-3H3,(H,26,29)(H,27,32). The highest BCUT2D eigenvalue weighted by Gasteiger charge is 2.49. The first-order valence-corrected chi connectivity index (χ1v) is 11.5. The maximum atomic E-state index is 13.7. The number of amides is 4. The van der Waals surface area contributed by atoms with Crippen LogP contribution in [0.2, 0.25) is 0 Å². The number of esters is 1. The number of hydrogen-bond acceptors (Lipinski definition) is 6. The minimum Gasteiger partial charge on any atom is -0.465 e. The van der Waals surface area contributed by atoms with E-state index >= 15 is 0 Å². The first-order chi connectivity index (χ1) is 16.0. The highest BCUT2D eigenvalue weighted by atomic mass is 32.1. The number of methoxy groups -OCH3 is 1. The Morgan fingerprint density at radius 2 is 2.03 bits per heavy atom. The molecule has 4 amide bonds. The Hall–Kier alpha value is -3.34. The number of ether oxygens (including phenoxy) is 1. The predicted octanol–water partition coefficient (Wildman–Crippen LogP) is 3.34. The third kappa shape index (κ3) is 4.04. The van der Waals surface area contributed by atoms with E-state index in [-0.39, 0.29) is 5.56 Å². The molecule has 4 rings (SSSR count). The molecule has 0 bridgehead atoms. The summed E-state index contributed by atoms with van der Waals surface area (Å²) in [6.45, 7) is 2.84. The van der Waals surface area contributed by atoms with E-state index in [0.29, 0.717) is 27.8 Å². The fourth-order valence-corrected chi connectivity index (χ4v) is 5.72. The number of anilines is 1. The number of benzene rings is 1. The largest absolute Gasteiger partial charge is 0.465 e. The monoisotopic (exact) mass is 491 g/mol. The van der Waals surface area contributed by atoms with Crippen LogP contribution in [0, 0.1) is 17.6 Å². The van der Waals surface area contributed by atoms with E-state index in [1.807, 2.05) is 0 Å². The van der Waals surface area contributed by atoms with Gasteiger partial charge in [-0.05, 0) is 55.4 Å². The number of hydrogen-bond donors (Lipinski definition) is 2. The van der Waals surface area contributed by atoms with Crippen LogP contribution < -0.4 is 10.6 Å². The molecule has 1 aromatic carbocycles. The number of carbonyl (C=O) groups is 4. The average molecular weight is 492 g/mol. The predicted molar refractivity (Wildman–Crippen MR) is 119 cm³/mol. The summed E-state index contributed by atoms with van der Waals surface area (Å²) in [6.07, 6.45) is 2.37. The fraction of sp³-hybridized carbons (Fsp3) is 0.391. The SMILES string of the molecule is COC(=O)c1c(NC(=O)CN2C(=O)NC(C)(c3ccc(F)c(F)c3)C2=O)sc2c1CCC(C)C2. The van der Waals surface area contributed by atoms with E-state index in [2.05, 4.69) is 17.6 Å². The lowest BCUT2D eigenvalue weighted by atomic mass is 9.88. The minimum absolute atomic E-state index is 0.0423. The summed E-state index contributed by atoms with van der Waals surface area (Å²) in [5.74, 6) is -3.84. The summed E-state index contributed by atoms with van der Waals surface area (Å²) >= 11 is 1.28. The van der Waals surface area contributed by atoms with Gasteiger partial charge in [0.25, 0.3) is 5.91 Å². The molecule has 1 aliphatic heterocycles. The highest BCUT2D eigenvalue weighted by Crippen LogP contribution is 2.40. The molecule has 1 saturated heterocycles. The minimum atomic E-state index is -1.67. The first kappa shape index (κ1) is 23.8. The second kappa shape index (κ2) is 8.79. The van der Waals surface area contributed by atoms with Crippen LogP contribution in [0.1, 0.15) is 46.6 Å². The molecule has 1 fully saturated rings. The van der Waals surface area contributed by atoms with E-state index in [4.69, 9.17) is 4.74 Å². The van der Waals surface area contributed by atoms with Crippen molar-refractivity contribution in [3.05, 3.63) is 51.4 Å². The molecule has 1 aliphatic carbocycles. The molecule has 2 aliphatic rings. The van der Waals surface area contributed by atoms with Gasteiger partial charge in [0.1, 0.15) is 17.1 Å². The Morgan fingerprint density at radius 3 is 2.71 bits per heavy atom. The Morgan fingerprint density at radius 1 is 1.29 bits per heavy atom. The molecule has 2 aromatic rings. The maximum Gasteiger partial charge on any atom is 0.341 e. The molecular formula is C23H23F2N3O5S. The molecule has 8 nitrogen and oxygen atoms in total. The van der Waals surface area contributed by atoms with E-state index < -0.39 is 47.5 Å². The zero-order valence-electron chi connectivity index (χ0n) is 18.8. The van der Waals surface area contributed by atoms with Crippen molar-refractivity contribution in [2.24, 2.45) is 5.92 Å². The fourth-order valence-electron chi connectivity index (χ4n) is 4.31. The maximum absolute atomic E-state index is 13.7. The highest BCUT2D eigenvalue weighted by molar-refractivity contribution is 7.17. The van der Waals surface area contributed by atoms with Crippen molar-refractivity contribution < 1.29 is 32.7 Å². The van der Waals surface area contributed by atoms with Gasteiger partial charge >= 0.3 is 12.0 Å². The average Bonchev–Trinajstić information content (AvgIpc) is 3.24. The van der Waals surface area contributed by atoms with Crippen molar-refractivity contribution in [3.63, 3.8) is 0 Å². The number of fused-ring (bicyclic) bond motifs is 1. The van der Waals surface area contributed by atoms with Crippen molar-refractivity contribution in [1.82, 2.24) is 10.2 Å². The number of imide groups is 1. The van der Waals surface area contributed by atoms with Gasteiger partial charge in [-0.3, -0.25) is 14.5 Å². The van der Waals surface area contributed by atoms with Gasteiger partial charge in [0, 0.05) is 4.88 Å². The number of thiophene rings is 1.